The van der Waals surface area contributed by atoms with E-state index in [0.29, 0.717) is 13.1 Å². The first kappa shape index (κ1) is 15.5. The van der Waals surface area contributed by atoms with Crippen molar-refractivity contribution in [2.24, 2.45) is 5.92 Å². The monoisotopic (exact) mass is 289 g/mol. The minimum Gasteiger partial charge on any atom is -0.481 e. The average Bonchev–Trinajstić information content (AvgIpc) is 2.43. The predicted molar refractivity (Wildman–Crippen MR) is 81.1 cm³/mol. The van der Waals surface area contributed by atoms with Gasteiger partial charge in [0.2, 0.25) is 5.91 Å². The zero-order valence-corrected chi connectivity index (χ0v) is 13.1. The van der Waals surface area contributed by atoms with E-state index in [0.717, 1.165) is 12.0 Å². The number of nitrogens with zero attached hydrogens (tertiary/aromatic N) is 1. The Bertz CT molecular complexity index is 572. The van der Waals surface area contributed by atoms with Crippen LogP contribution in [0.25, 0.3) is 0 Å². The first-order valence-corrected chi connectivity index (χ1v) is 7.34. The minimum atomic E-state index is -1.06. The number of amides is 1. The molecule has 4 heteroatoms. The summed E-state index contributed by atoms with van der Waals surface area (Å²) in [6.07, 6.45) is 0.790. The van der Waals surface area contributed by atoms with Gasteiger partial charge in [-0.2, -0.15) is 0 Å². The molecule has 0 bridgehead atoms. The Hall–Kier alpha value is -1.84. The second kappa shape index (κ2) is 5.51. The van der Waals surface area contributed by atoms with Crippen molar-refractivity contribution in [2.75, 3.05) is 6.54 Å². The highest BCUT2D eigenvalue weighted by Gasteiger charge is 2.29. The van der Waals surface area contributed by atoms with Crippen LogP contribution >= 0.6 is 0 Å². The summed E-state index contributed by atoms with van der Waals surface area (Å²) < 4.78 is 0. The zero-order valence-electron chi connectivity index (χ0n) is 13.1. The molecule has 1 heterocycles. The van der Waals surface area contributed by atoms with E-state index >= 15 is 0 Å². The summed E-state index contributed by atoms with van der Waals surface area (Å²) in [7, 11) is 0. The molecule has 0 aromatic heterocycles. The Morgan fingerprint density at radius 2 is 1.90 bits per heavy atom. The molecule has 21 heavy (non-hydrogen) atoms. The van der Waals surface area contributed by atoms with Crippen molar-refractivity contribution >= 4 is 11.9 Å². The molecule has 1 N–H and O–H groups in total. The molecule has 1 unspecified atom stereocenters. The van der Waals surface area contributed by atoms with Gasteiger partial charge in [-0.3, -0.25) is 9.59 Å². The molecule has 0 radical (unpaired) electrons. The van der Waals surface area contributed by atoms with Gasteiger partial charge in [0.15, 0.2) is 0 Å². The maximum atomic E-state index is 12.2. The van der Waals surface area contributed by atoms with Crippen LogP contribution in [0.5, 0.6) is 0 Å². The van der Waals surface area contributed by atoms with Crippen LogP contribution < -0.4 is 0 Å². The fourth-order valence-corrected chi connectivity index (χ4v) is 2.59. The Kier molecular flexibility index (Phi) is 4.08. The van der Waals surface area contributed by atoms with E-state index in [1.54, 1.807) is 4.90 Å². The molecule has 1 aromatic carbocycles. The van der Waals surface area contributed by atoms with Crippen molar-refractivity contribution in [3.8, 4) is 0 Å². The predicted octanol–water partition coefficient (Wildman–Crippen LogP) is 2.59. The van der Waals surface area contributed by atoms with E-state index in [9.17, 15) is 9.59 Å². The number of rotatable bonds is 2. The van der Waals surface area contributed by atoms with Crippen LogP contribution in [0.3, 0.4) is 0 Å². The van der Waals surface area contributed by atoms with Crippen LogP contribution in [-0.4, -0.2) is 28.4 Å². The summed E-state index contributed by atoms with van der Waals surface area (Å²) in [5, 5.41) is 8.98. The summed E-state index contributed by atoms with van der Waals surface area (Å²) in [6.45, 7) is 9.03. The van der Waals surface area contributed by atoms with Crippen molar-refractivity contribution < 1.29 is 14.7 Å². The summed E-state index contributed by atoms with van der Waals surface area (Å²) in [4.78, 5) is 24.8. The number of carboxylic acids is 1. The van der Waals surface area contributed by atoms with Gasteiger partial charge in [-0.15, -0.1) is 0 Å². The normalized spacial score (nSPS) is 16.3. The van der Waals surface area contributed by atoms with Crippen LogP contribution in [0.15, 0.2) is 18.2 Å². The highest BCUT2D eigenvalue weighted by atomic mass is 16.4. The minimum absolute atomic E-state index is 0.0652. The van der Waals surface area contributed by atoms with Crippen LogP contribution in [0, 0.1) is 5.92 Å². The van der Waals surface area contributed by atoms with Gasteiger partial charge in [0.05, 0.1) is 0 Å². The Morgan fingerprint density at radius 1 is 1.24 bits per heavy atom. The lowest BCUT2D eigenvalue weighted by atomic mass is 9.84. The number of carbonyl (C=O) groups excluding carboxylic acids is 1. The molecule has 1 amide bonds. The molecule has 0 saturated carbocycles. The molecule has 0 aliphatic carbocycles. The lowest BCUT2D eigenvalue weighted by molar-refractivity contribution is -0.150. The highest BCUT2D eigenvalue weighted by Crippen LogP contribution is 2.28. The van der Waals surface area contributed by atoms with E-state index in [-0.39, 0.29) is 11.3 Å². The third-order valence-electron chi connectivity index (χ3n) is 4.14. The topological polar surface area (TPSA) is 57.6 Å². The summed E-state index contributed by atoms with van der Waals surface area (Å²) in [5.41, 5.74) is 3.70. The maximum Gasteiger partial charge on any atom is 0.315 e. The van der Waals surface area contributed by atoms with Crippen molar-refractivity contribution in [2.45, 2.75) is 46.1 Å². The molecule has 0 spiro atoms. The van der Waals surface area contributed by atoms with E-state index in [1.807, 2.05) is 0 Å². The van der Waals surface area contributed by atoms with E-state index in [1.165, 1.54) is 18.1 Å². The van der Waals surface area contributed by atoms with Crippen molar-refractivity contribution in [1.29, 1.82) is 0 Å². The number of carbonyl (C=O) groups is 2. The van der Waals surface area contributed by atoms with E-state index in [4.69, 9.17) is 5.11 Å². The van der Waals surface area contributed by atoms with Gasteiger partial charge in [-0.25, -0.2) is 0 Å². The fraction of sp³-hybridized carbons (Fsp3) is 0.529. The lowest BCUT2D eigenvalue weighted by Crippen LogP contribution is -2.41. The molecule has 2 rings (SSSR count). The first-order valence-electron chi connectivity index (χ1n) is 7.34. The Morgan fingerprint density at radius 3 is 2.48 bits per heavy atom. The Labute approximate surface area is 125 Å². The standard InChI is InChI=1S/C17H23NO3/c1-11(16(20)21)15(19)18-8-7-12-5-6-14(17(2,3)4)9-13(12)10-18/h5-6,9,11H,7-8,10H2,1-4H3,(H,20,21). The van der Waals surface area contributed by atoms with Crippen LogP contribution in [-0.2, 0) is 28.0 Å². The molecule has 0 saturated heterocycles. The molecule has 114 valence electrons. The highest BCUT2D eigenvalue weighted by molar-refractivity contribution is 5.96. The summed E-state index contributed by atoms with van der Waals surface area (Å²) >= 11 is 0. The van der Waals surface area contributed by atoms with E-state index in [2.05, 4.69) is 39.0 Å². The number of hydrogen-bond donors (Lipinski definition) is 1. The zero-order chi connectivity index (χ0) is 15.8. The molecule has 0 fully saturated rings. The lowest BCUT2D eigenvalue weighted by Gasteiger charge is -2.31. The molecule has 1 atom stereocenters. The molecule has 4 nitrogen and oxygen atoms in total. The number of fused-ring (bicyclic) bond motifs is 1. The maximum absolute atomic E-state index is 12.2. The van der Waals surface area contributed by atoms with Gasteiger partial charge >= 0.3 is 5.97 Å². The fourth-order valence-electron chi connectivity index (χ4n) is 2.59. The van der Waals surface area contributed by atoms with Gasteiger partial charge in [-0.1, -0.05) is 39.0 Å². The first-order chi connectivity index (χ1) is 9.70. The van der Waals surface area contributed by atoms with Crippen molar-refractivity contribution in [3.63, 3.8) is 0 Å². The third-order valence-corrected chi connectivity index (χ3v) is 4.14. The van der Waals surface area contributed by atoms with Gasteiger partial charge < -0.3 is 10.0 Å². The van der Waals surface area contributed by atoms with Crippen LogP contribution in [0.2, 0.25) is 0 Å². The number of benzene rings is 1. The summed E-state index contributed by atoms with van der Waals surface area (Å²) in [6, 6.07) is 6.44. The van der Waals surface area contributed by atoms with Gasteiger partial charge in [0.1, 0.15) is 5.92 Å². The molecular weight excluding hydrogens is 266 g/mol. The van der Waals surface area contributed by atoms with Gasteiger partial charge in [0, 0.05) is 13.1 Å². The summed E-state index contributed by atoms with van der Waals surface area (Å²) in [5.74, 6) is -2.33. The van der Waals surface area contributed by atoms with Gasteiger partial charge in [0.25, 0.3) is 0 Å². The molecule has 1 aliphatic rings. The molecular formula is C17H23NO3. The van der Waals surface area contributed by atoms with Crippen LogP contribution in [0.4, 0.5) is 0 Å². The van der Waals surface area contributed by atoms with Crippen molar-refractivity contribution in [1.82, 2.24) is 4.90 Å². The second-order valence-corrected chi connectivity index (χ2v) is 6.80. The number of hydrogen-bond acceptors (Lipinski definition) is 2. The molecule has 1 aromatic rings. The number of carboxylic acid groups (broad SMARTS) is 1. The quantitative estimate of drug-likeness (QED) is 0.851. The third kappa shape index (κ3) is 3.26. The van der Waals surface area contributed by atoms with Crippen LogP contribution in [0.1, 0.15) is 44.4 Å². The van der Waals surface area contributed by atoms with Crippen molar-refractivity contribution in [3.05, 3.63) is 34.9 Å². The van der Waals surface area contributed by atoms with Gasteiger partial charge in [-0.05, 0) is 35.4 Å². The SMILES string of the molecule is CC(C(=O)O)C(=O)N1CCc2ccc(C(C)(C)C)cc2C1. The average molecular weight is 289 g/mol. The van der Waals surface area contributed by atoms with E-state index < -0.39 is 11.9 Å². The molecule has 1 aliphatic heterocycles. The smallest absolute Gasteiger partial charge is 0.315 e. The number of aliphatic carboxylic acids is 1. The Balaban J connectivity index is 2.23. The largest absolute Gasteiger partial charge is 0.481 e. The second-order valence-electron chi connectivity index (χ2n) is 6.80.